The molecule has 0 aliphatic rings. The third-order valence-electron chi connectivity index (χ3n) is 1.15. The van der Waals surface area contributed by atoms with Gasteiger partial charge in [0.1, 0.15) is 11.8 Å². The van der Waals surface area contributed by atoms with Gasteiger partial charge in [-0.25, -0.2) is 0 Å². The molecule has 0 aliphatic heterocycles. The van der Waals surface area contributed by atoms with Crippen LogP contribution in [0.3, 0.4) is 0 Å². The molecular formula is C6H5N3O. The smallest absolute Gasteiger partial charge is 0.168 e. The first kappa shape index (κ1) is 6.49. The van der Waals surface area contributed by atoms with Gasteiger partial charge < -0.3 is 0 Å². The average molecular weight is 135 g/mol. The van der Waals surface area contributed by atoms with Gasteiger partial charge in [0.2, 0.25) is 0 Å². The summed E-state index contributed by atoms with van der Waals surface area (Å²) in [6, 6.07) is 3.27. The molecule has 0 aliphatic carbocycles. The fourth-order valence-electron chi connectivity index (χ4n) is 0.647. The molecule has 0 unspecified atom stereocenters. The maximum Gasteiger partial charge on any atom is 0.168 e. The van der Waals surface area contributed by atoms with Gasteiger partial charge in [-0.15, -0.1) is 0 Å². The molecule has 0 bridgehead atoms. The Morgan fingerprint density at radius 1 is 1.90 bits per heavy atom. The van der Waals surface area contributed by atoms with Crippen molar-refractivity contribution in [2.45, 2.75) is 0 Å². The maximum atomic E-state index is 10.2. The maximum absolute atomic E-state index is 10.2. The van der Waals surface area contributed by atoms with E-state index < -0.39 is 0 Å². The first-order valence-electron chi connectivity index (χ1n) is 2.67. The molecular weight excluding hydrogens is 130 g/mol. The number of carbonyl (C=O) groups excluding carboxylic acids is 1. The van der Waals surface area contributed by atoms with Crippen LogP contribution >= 0.6 is 0 Å². The second-order valence-electron chi connectivity index (χ2n) is 1.81. The van der Waals surface area contributed by atoms with Crippen LogP contribution in [0.15, 0.2) is 6.07 Å². The largest absolute Gasteiger partial charge is 0.296 e. The molecule has 1 aromatic rings. The third-order valence-corrected chi connectivity index (χ3v) is 1.15. The highest BCUT2D eigenvalue weighted by Gasteiger charge is 2.00. The molecule has 10 heavy (non-hydrogen) atoms. The van der Waals surface area contributed by atoms with E-state index in [2.05, 4.69) is 5.10 Å². The van der Waals surface area contributed by atoms with E-state index in [0.717, 1.165) is 0 Å². The van der Waals surface area contributed by atoms with Crippen molar-refractivity contribution in [2.75, 3.05) is 0 Å². The van der Waals surface area contributed by atoms with Gasteiger partial charge in [-0.05, 0) is 0 Å². The van der Waals surface area contributed by atoms with Crippen molar-refractivity contribution in [1.29, 1.82) is 5.26 Å². The lowest BCUT2D eigenvalue weighted by atomic mass is 10.4. The van der Waals surface area contributed by atoms with Gasteiger partial charge in [0.25, 0.3) is 0 Å². The molecule has 0 atom stereocenters. The van der Waals surface area contributed by atoms with Gasteiger partial charge in [-0.3, -0.25) is 9.48 Å². The number of aryl methyl sites for hydroxylation is 1. The summed E-state index contributed by atoms with van der Waals surface area (Å²) in [5.74, 6) is 0. The molecule has 0 amide bonds. The fraction of sp³-hybridized carbons (Fsp3) is 0.167. The molecule has 1 heterocycles. The van der Waals surface area contributed by atoms with Crippen molar-refractivity contribution in [3.05, 3.63) is 17.5 Å². The van der Waals surface area contributed by atoms with Crippen molar-refractivity contribution in [3.8, 4) is 6.07 Å². The molecule has 0 saturated carbocycles. The van der Waals surface area contributed by atoms with Crippen LogP contribution in [0.25, 0.3) is 0 Å². The molecule has 1 aromatic heterocycles. The Bertz CT molecular complexity index is 294. The number of rotatable bonds is 1. The summed E-state index contributed by atoms with van der Waals surface area (Å²) in [5.41, 5.74) is 0.682. The van der Waals surface area contributed by atoms with E-state index in [-0.39, 0.29) is 5.69 Å². The Balaban J connectivity index is 3.19. The van der Waals surface area contributed by atoms with E-state index in [4.69, 9.17) is 5.26 Å². The Labute approximate surface area is 57.7 Å². The van der Waals surface area contributed by atoms with Crippen molar-refractivity contribution in [3.63, 3.8) is 0 Å². The topological polar surface area (TPSA) is 58.7 Å². The summed E-state index contributed by atoms with van der Waals surface area (Å²) in [4.78, 5) is 10.2. The molecule has 0 spiro atoms. The third kappa shape index (κ3) is 0.890. The lowest BCUT2D eigenvalue weighted by Crippen LogP contribution is -1.95. The van der Waals surface area contributed by atoms with Crippen LogP contribution < -0.4 is 0 Å². The standard InChI is InChI=1S/C6H5N3O/c1-9-6(4-10)2-5(3-7)8-9/h2,4H,1H3. The normalized spacial score (nSPS) is 8.80. The quantitative estimate of drug-likeness (QED) is 0.513. The highest BCUT2D eigenvalue weighted by molar-refractivity contribution is 5.72. The minimum Gasteiger partial charge on any atom is -0.296 e. The highest BCUT2D eigenvalue weighted by atomic mass is 16.1. The number of aldehydes is 1. The van der Waals surface area contributed by atoms with Crippen LogP contribution in [-0.2, 0) is 7.05 Å². The van der Waals surface area contributed by atoms with Crippen LogP contribution in [0.2, 0.25) is 0 Å². The minimum atomic E-state index is 0.268. The zero-order valence-electron chi connectivity index (χ0n) is 5.40. The van der Waals surface area contributed by atoms with E-state index in [9.17, 15) is 4.79 Å². The van der Waals surface area contributed by atoms with E-state index in [1.165, 1.54) is 10.7 Å². The zero-order valence-corrected chi connectivity index (χ0v) is 5.40. The van der Waals surface area contributed by atoms with Crippen LogP contribution in [0.4, 0.5) is 0 Å². The van der Waals surface area contributed by atoms with Gasteiger partial charge in [-0.2, -0.15) is 10.4 Å². The summed E-state index contributed by atoms with van der Waals surface area (Å²) in [7, 11) is 1.62. The van der Waals surface area contributed by atoms with E-state index in [1.54, 1.807) is 7.05 Å². The van der Waals surface area contributed by atoms with Crippen LogP contribution in [0.1, 0.15) is 16.2 Å². The monoisotopic (exact) mass is 135 g/mol. The summed E-state index contributed by atoms with van der Waals surface area (Å²) in [6.07, 6.45) is 0.661. The summed E-state index contributed by atoms with van der Waals surface area (Å²) in [6.45, 7) is 0. The first-order valence-corrected chi connectivity index (χ1v) is 2.67. The lowest BCUT2D eigenvalue weighted by molar-refractivity contribution is 0.111. The summed E-state index contributed by atoms with van der Waals surface area (Å²) >= 11 is 0. The minimum absolute atomic E-state index is 0.268. The Hall–Kier alpha value is -1.63. The molecule has 0 saturated heterocycles. The number of carbonyl (C=O) groups is 1. The number of nitrogens with zero attached hydrogens (tertiary/aromatic N) is 3. The average Bonchev–Trinajstić information content (AvgIpc) is 2.30. The van der Waals surface area contributed by atoms with Crippen molar-refractivity contribution < 1.29 is 4.79 Å². The Kier molecular flexibility index (Phi) is 1.50. The van der Waals surface area contributed by atoms with Crippen molar-refractivity contribution >= 4 is 6.29 Å². The second-order valence-corrected chi connectivity index (χ2v) is 1.81. The first-order chi connectivity index (χ1) is 4.77. The second kappa shape index (κ2) is 2.31. The Morgan fingerprint density at radius 3 is 2.90 bits per heavy atom. The molecule has 4 nitrogen and oxygen atoms in total. The van der Waals surface area contributed by atoms with Gasteiger partial charge in [0.05, 0.1) is 0 Å². The predicted octanol–water partition coefficient (Wildman–Crippen LogP) is 0.104. The van der Waals surface area contributed by atoms with Crippen LogP contribution in [-0.4, -0.2) is 16.1 Å². The molecule has 1 rings (SSSR count). The number of nitriles is 1. The lowest BCUT2D eigenvalue weighted by Gasteiger charge is -1.86. The number of hydrogen-bond acceptors (Lipinski definition) is 3. The van der Waals surface area contributed by atoms with Gasteiger partial charge >= 0.3 is 0 Å². The molecule has 4 heteroatoms. The van der Waals surface area contributed by atoms with E-state index in [0.29, 0.717) is 12.0 Å². The van der Waals surface area contributed by atoms with Gasteiger partial charge in [0.15, 0.2) is 12.0 Å². The summed E-state index contributed by atoms with van der Waals surface area (Å²) in [5, 5.41) is 12.1. The van der Waals surface area contributed by atoms with Crippen LogP contribution in [0, 0.1) is 11.3 Å². The number of hydrogen-bond donors (Lipinski definition) is 0. The van der Waals surface area contributed by atoms with E-state index in [1.807, 2.05) is 6.07 Å². The van der Waals surface area contributed by atoms with Crippen molar-refractivity contribution in [2.24, 2.45) is 7.05 Å². The SMILES string of the molecule is Cn1nc(C#N)cc1C=O. The van der Waals surface area contributed by atoms with Gasteiger partial charge in [0, 0.05) is 13.1 Å². The molecule has 0 radical (unpaired) electrons. The van der Waals surface area contributed by atoms with Crippen molar-refractivity contribution in [1.82, 2.24) is 9.78 Å². The number of aromatic nitrogens is 2. The summed E-state index contributed by atoms with van der Waals surface area (Å²) < 4.78 is 1.37. The van der Waals surface area contributed by atoms with E-state index >= 15 is 0 Å². The molecule has 0 fully saturated rings. The molecule has 0 aromatic carbocycles. The zero-order chi connectivity index (χ0) is 7.56. The molecule has 50 valence electrons. The van der Waals surface area contributed by atoms with Gasteiger partial charge in [-0.1, -0.05) is 0 Å². The Morgan fingerprint density at radius 2 is 2.60 bits per heavy atom. The highest BCUT2D eigenvalue weighted by Crippen LogP contribution is 1.97. The van der Waals surface area contributed by atoms with Crippen LogP contribution in [0.5, 0.6) is 0 Å². The molecule has 0 N–H and O–H groups in total. The fourth-order valence-corrected chi connectivity index (χ4v) is 0.647. The predicted molar refractivity (Wildman–Crippen MR) is 33.3 cm³/mol.